The van der Waals surface area contributed by atoms with E-state index in [1.807, 2.05) is 26.0 Å². The van der Waals surface area contributed by atoms with Crippen LogP contribution in [0.15, 0.2) is 29.1 Å². The minimum atomic E-state index is -0.153. The van der Waals surface area contributed by atoms with Gasteiger partial charge in [-0.25, -0.2) is 4.68 Å². The van der Waals surface area contributed by atoms with E-state index in [-0.39, 0.29) is 29.9 Å². The lowest BCUT2D eigenvalue weighted by molar-refractivity contribution is 0.0644. The van der Waals surface area contributed by atoms with Gasteiger partial charge in [0.1, 0.15) is 0 Å². The van der Waals surface area contributed by atoms with Crippen molar-refractivity contribution in [3.05, 3.63) is 40.3 Å². The summed E-state index contributed by atoms with van der Waals surface area (Å²) in [5.41, 5.74) is 0.193. The number of amides is 1. The topological polar surface area (TPSA) is 75.4 Å². The molecule has 1 fully saturated rings. The molecule has 134 valence electrons. The van der Waals surface area contributed by atoms with Crippen molar-refractivity contribution >= 4 is 16.7 Å². The highest BCUT2D eigenvalue weighted by atomic mass is 16.3. The summed E-state index contributed by atoms with van der Waals surface area (Å²) in [6, 6.07) is 7.18. The summed E-state index contributed by atoms with van der Waals surface area (Å²) in [6.45, 7) is 5.92. The second-order valence-electron chi connectivity index (χ2n) is 7.19. The van der Waals surface area contributed by atoms with Gasteiger partial charge in [-0.2, -0.15) is 5.10 Å². The van der Waals surface area contributed by atoms with Gasteiger partial charge >= 0.3 is 0 Å². The Morgan fingerprint density at radius 2 is 1.88 bits per heavy atom. The Hall–Kier alpha value is -2.21. The number of nitrogens with zero attached hydrogens (tertiary/aromatic N) is 3. The summed E-state index contributed by atoms with van der Waals surface area (Å²) in [5.74, 6) is 0.392. The van der Waals surface area contributed by atoms with E-state index in [1.165, 1.54) is 4.68 Å². The van der Waals surface area contributed by atoms with Gasteiger partial charge in [-0.15, -0.1) is 0 Å². The van der Waals surface area contributed by atoms with Gasteiger partial charge in [-0.1, -0.05) is 32.0 Å². The van der Waals surface area contributed by atoms with Crippen LogP contribution in [0.1, 0.15) is 37.2 Å². The van der Waals surface area contributed by atoms with Crippen molar-refractivity contribution in [3.63, 3.8) is 0 Å². The summed E-state index contributed by atoms with van der Waals surface area (Å²) < 4.78 is 1.42. The van der Waals surface area contributed by atoms with E-state index in [4.69, 9.17) is 0 Å². The third-order valence-corrected chi connectivity index (χ3v) is 4.77. The van der Waals surface area contributed by atoms with Gasteiger partial charge in [0.2, 0.25) is 0 Å². The van der Waals surface area contributed by atoms with Crippen molar-refractivity contribution in [3.8, 4) is 0 Å². The molecule has 0 saturated carbocycles. The third kappa shape index (κ3) is 3.58. The standard InChI is InChI=1S/C19H25N3O3/c1-13(2)11-22-18(24)16-6-4-3-5-15(16)17(20-22)19(25)21-9-7-14(12-23)8-10-21/h3-6,13-14,23H,7-12H2,1-2H3. The van der Waals surface area contributed by atoms with Gasteiger partial charge in [0.25, 0.3) is 11.5 Å². The minimum Gasteiger partial charge on any atom is -0.396 e. The Kier molecular flexibility index (Phi) is 5.18. The zero-order valence-corrected chi connectivity index (χ0v) is 14.8. The molecule has 3 rings (SSSR count). The second kappa shape index (κ2) is 7.35. The van der Waals surface area contributed by atoms with E-state index >= 15 is 0 Å². The summed E-state index contributed by atoms with van der Waals surface area (Å²) in [6.07, 6.45) is 1.59. The lowest BCUT2D eigenvalue weighted by Crippen LogP contribution is -2.40. The lowest BCUT2D eigenvalue weighted by atomic mass is 9.97. The fourth-order valence-corrected chi connectivity index (χ4v) is 3.33. The molecule has 25 heavy (non-hydrogen) atoms. The first-order valence-electron chi connectivity index (χ1n) is 8.91. The van der Waals surface area contributed by atoms with Gasteiger partial charge in [0, 0.05) is 31.6 Å². The van der Waals surface area contributed by atoms with Gasteiger partial charge in [0.05, 0.1) is 5.39 Å². The van der Waals surface area contributed by atoms with Crippen LogP contribution in [0.5, 0.6) is 0 Å². The maximum Gasteiger partial charge on any atom is 0.274 e. The largest absolute Gasteiger partial charge is 0.396 e. The van der Waals surface area contributed by atoms with Crippen LogP contribution in [0.4, 0.5) is 0 Å². The molecule has 1 aromatic heterocycles. The first-order chi connectivity index (χ1) is 12.0. The molecule has 0 bridgehead atoms. The molecular formula is C19H25N3O3. The molecule has 0 atom stereocenters. The number of fused-ring (bicyclic) bond motifs is 1. The monoisotopic (exact) mass is 343 g/mol. The number of carbonyl (C=O) groups is 1. The van der Waals surface area contributed by atoms with Crippen LogP contribution >= 0.6 is 0 Å². The number of hydrogen-bond donors (Lipinski definition) is 1. The predicted molar refractivity (Wildman–Crippen MR) is 96.6 cm³/mol. The van der Waals surface area contributed by atoms with E-state index in [2.05, 4.69) is 5.10 Å². The third-order valence-electron chi connectivity index (χ3n) is 4.77. The smallest absolute Gasteiger partial charge is 0.274 e. The minimum absolute atomic E-state index is 0.134. The van der Waals surface area contributed by atoms with Gasteiger partial charge in [0.15, 0.2) is 5.69 Å². The number of rotatable bonds is 4. The van der Waals surface area contributed by atoms with Crippen LogP contribution in [0.3, 0.4) is 0 Å². The van der Waals surface area contributed by atoms with E-state index in [0.29, 0.717) is 36.1 Å². The fourth-order valence-electron chi connectivity index (χ4n) is 3.33. The van der Waals surface area contributed by atoms with Crippen molar-refractivity contribution in [1.82, 2.24) is 14.7 Å². The molecule has 0 unspecified atom stereocenters. The molecule has 1 N–H and O–H groups in total. The number of carbonyl (C=O) groups excluding carboxylic acids is 1. The summed E-state index contributed by atoms with van der Waals surface area (Å²) in [4.78, 5) is 27.5. The molecule has 6 nitrogen and oxygen atoms in total. The molecule has 2 heterocycles. The molecule has 1 amide bonds. The molecule has 0 spiro atoms. The average Bonchev–Trinajstić information content (AvgIpc) is 2.63. The van der Waals surface area contributed by atoms with Crippen LogP contribution in [-0.4, -0.2) is 45.4 Å². The Bertz CT molecular complexity index is 820. The molecule has 6 heteroatoms. The van der Waals surface area contributed by atoms with Gasteiger partial charge < -0.3 is 10.0 Å². The summed E-state index contributed by atoms with van der Waals surface area (Å²) >= 11 is 0. The van der Waals surface area contributed by atoms with Crippen LogP contribution < -0.4 is 5.56 Å². The molecule has 2 aromatic rings. The van der Waals surface area contributed by atoms with E-state index < -0.39 is 0 Å². The number of piperidine rings is 1. The van der Waals surface area contributed by atoms with Crippen molar-refractivity contribution < 1.29 is 9.90 Å². The van der Waals surface area contributed by atoms with Crippen molar-refractivity contribution in [2.75, 3.05) is 19.7 Å². The number of aliphatic hydroxyl groups excluding tert-OH is 1. The van der Waals surface area contributed by atoms with Crippen LogP contribution in [0.2, 0.25) is 0 Å². The van der Waals surface area contributed by atoms with Crippen molar-refractivity contribution in [1.29, 1.82) is 0 Å². The van der Waals surface area contributed by atoms with Crippen molar-refractivity contribution in [2.45, 2.75) is 33.2 Å². The molecule has 0 aliphatic carbocycles. The van der Waals surface area contributed by atoms with Gasteiger partial charge in [-0.05, 0) is 30.7 Å². The number of hydrogen-bond acceptors (Lipinski definition) is 4. The first kappa shape index (κ1) is 17.6. The Labute approximate surface area is 147 Å². The zero-order chi connectivity index (χ0) is 18.0. The van der Waals surface area contributed by atoms with Crippen LogP contribution in [-0.2, 0) is 6.54 Å². The fraction of sp³-hybridized carbons (Fsp3) is 0.526. The van der Waals surface area contributed by atoms with E-state index in [0.717, 1.165) is 12.8 Å². The quantitative estimate of drug-likeness (QED) is 0.920. The normalized spacial score (nSPS) is 15.9. The zero-order valence-electron chi connectivity index (χ0n) is 14.8. The Morgan fingerprint density at radius 1 is 1.24 bits per heavy atom. The highest BCUT2D eigenvalue weighted by Gasteiger charge is 2.26. The Balaban J connectivity index is 2.01. The highest BCUT2D eigenvalue weighted by molar-refractivity contribution is 6.04. The number of likely N-dealkylation sites (tertiary alicyclic amines) is 1. The van der Waals surface area contributed by atoms with E-state index in [9.17, 15) is 14.7 Å². The second-order valence-corrected chi connectivity index (χ2v) is 7.19. The SMILES string of the molecule is CC(C)Cn1nc(C(=O)N2CCC(CO)CC2)c2ccccc2c1=O. The molecule has 1 saturated heterocycles. The lowest BCUT2D eigenvalue weighted by Gasteiger charge is -2.31. The molecular weight excluding hydrogens is 318 g/mol. The van der Waals surface area contributed by atoms with E-state index in [1.54, 1.807) is 17.0 Å². The Morgan fingerprint density at radius 3 is 2.48 bits per heavy atom. The predicted octanol–water partition coefficient (Wildman–Crippen LogP) is 1.90. The number of aromatic nitrogens is 2. The summed E-state index contributed by atoms with van der Waals surface area (Å²) in [5, 5.41) is 14.8. The van der Waals surface area contributed by atoms with Crippen LogP contribution in [0.25, 0.3) is 10.8 Å². The summed E-state index contributed by atoms with van der Waals surface area (Å²) in [7, 11) is 0. The maximum atomic E-state index is 13.0. The first-order valence-corrected chi connectivity index (χ1v) is 8.91. The van der Waals surface area contributed by atoms with Crippen LogP contribution in [0, 0.1) is 11.8 Å². The maximum absolute atomic E-state index is 13.0. The van der Waals surface area contributed by atoms with Gasteiger partial charge in [-0.3, -0.25) is 9.59 Å². The molecule has 1 aliphatic rings. The highest BCUT2D eigenvalue weighted by Crippen LogP contribution is 2.21. The number of benzene rings is 1. The molecule has 1 aliphatic heterocycles. The average molecular weight is 343 g/mol. The number of aliphatic hydroxyl groups is 1. The molecule has 0 radical (unpaired) electrons. The molecule has 1 aromatic carbocycles. The van der Waals surface area contributed by atoms with Crippen molar-refractivity contribution in [2.24, 2.45) is 11.8 Å².